The fourth-order valence-electron chi connectivity index (χ4n) is 1.83. The maximum absolute atomic E-state index is 13.5. The number of nitriles is 1. The standard InChI is InChI=1S/C16H16FN3O2/c1-10(11(2)22-15-6-4-3-5-13(15)17)20-16(21)14-7-12(8-18)9-19-14/h3-7,9-11,19H,1-2H3,(H,20,21)/t10-,11-/m0/s1. The number of aromatic amines is 1. The highest BCUT2D eigenvalue weighted by atomic mass is 19.1. The van der Waals surface area contributed by atoms with E-state index in [1.54, 1.807) is 26.0 Å². The van der Waals surface area contributed by atoms with Gasteiger partial charge in [-0.2, -0.15) is 5.26 Å². The monoisotopic (exact) mass is 301 g/mol. The van der Waals surface area contributed by atoms with Crippen molar-refractivity contribution >= 4 is 5.91 Å². The van der Waals surface area contributed by atoms with E-state index in [0.29, 0.717) is 11.3 Å². The maximum atomic E-state index is 13.5. The van der Waals surface area contributed by atoms with Crippen LogP contribution in [0.15, 0.2) is 36.5 Å². The van der Waals surface area contributed by atoms with Gasteiger partial charge in [0.05, 0.1) is 11.6 Å². The molecule has 0 aliphatic rings. The van der Waals surface area contributed by atoms with Crippen molar-refractivity contribution < 1.29 is 13.9 Å². The van der Waals surface area contributed by atoms with Crippen LogP contribution in [0, 0.1) is 17.1 Å². The van der Waals surface area contributed by atoms with Crippen molar-refractivity contribution in [3.63, 3.8) is 0 Å². The summed E-state index contributed by atoms with van der Waals surface area (Å²) in [5, 5.41) is 11.5. The highest BCUT2D eigenvalue weighted by molar-refractivity contribution is 5.93. The lowest BCUT2D eigenvalue weighted by Gasteiger charge is -2.22. The van der Waals surface area contributed by atoms with Gasteiger partial charge >= 0.3 is 0 Å². The van der Waals surface area contributed by atoms with Crippen molar-refractivity contribution in [2.24, 2.45) is 0 Å². The highest BCUT2D eigenvalue weighted by Gasteiger charge is 2.19. The average Bonchev–Trinajstić information content (AvgIpc) is 2.98. The normalized spacial score (nSPS) is 13.0. The summed E-state index contributed by atoms with van der Waals surface area (Å²) in [6, 6.07) is 9.16. The number of carbonyl (C=O) groups excluding carboxylic acids is 1. The van der Waals surface area contributed by atoms with Crippen molar-refractivity contribution in [2.45, 2.75) is 26.0 Å². The molecule has 2 N–H and O–H groups in total. The van der Waals surface area contributed by atoms with Crippen LogP contribution in [0.25, 0.3) is 0 Å². The summed E-state index contributed by atoms with van der Waals surface area (Å²) >= 11 is 0. The number of nitrogens with one attached hydrogen (secondary N) is 2. The number of aromatic nitrogens is 1. The van der Waals surface area contributed by atoms with E-state index in [2.05, 4.69) is 10.3 Å². The van der Waals surface area contributed by atoms with Gasteiger partial charge in [0.2, 0.25) is 0 Å². The molecule has 5 nitrogen and oxygen atoms in total. The lowest BCUT2D eigenvalue weighted by molar-refractivity contribution is 0.0887. The van der Waals surface area contributed by atoms with E-state index in [4.69, 9.17) is 10.00 Å². The molecule has 2 rings (SSSR count). The minimum absolute atomic E-state index is 0.141. The van der Waals surface area contributed by atoms with Gasteiger partial charge in [0.1, 0.15) is 17.9 Å². The second kappa shape index (κ2) is 6.76. The number of halogens is 1. The third-order valence-corrected chi connectivity index (χ3v) is 3.27. The molecular weight excluding hydrogens is 285 g/mol. The molecule has 0 spiro atoms. The van der Waals surface area contributed by atoms with Crippen LogP contribution in [-0.2, 0) is 0 Å². The predicted octanol–water partition coefficient (Wildman–Crippen LogP) is 2.61. The Kier molecular flexibility index (Phi) is 4.79. The highest BCUT2D eigenvalue weighted by Crippen LogP contribution is 2.18. The van der Waals surface area contributed by atoms with Crippen LogP contribution >= 0.6 is 0 Å². The summed E-state index contributed by atoms with van der Waals surface area (Å²) in [6.07, 6.45) is 1.03. The number of nitrogens with zero attached hydrogens (tertiary/aromatic N) is 1. The van der Waals surface area contributed by atoms with Crippen LogP contribution in [-0.4, -0.2) is 23.0 Å². The molecule has 0 bridgehead atoms. The van der Waals surface area contributed by atoms with E-state index in [9.17, 15) is 9.18 Å². The quantitative estimate of drug-likeness (QED) is 0.891. The molecular formula is C16H16FN3O2. The molecule has 0 unspecified atom stereocenters. The number of hydrogen-bond donors (Lipinski definition) is 2. The van der Waals surface area contributed by atoms with Crippen molar-refractivity contribution in [3.8, 4) is 11.8 Å². The zero-order valence-electron chi connectivity index (χ0n) is 12.3. The summed E-state index contributed by atoms with van der Waals surface area (Å²) in [4.78, 5) is 14.8. The van der Waals surface area contributed by atoms with Gasteiger partial charge in [0, 0.05) is 6.20 Å². The first kappa shape index (κ1) is 15.6. The van der Waals surface area contributed by atoms with Gasteiger partial charge in [-0.05, 0) is 32.0 Å². The first-order valence-corrected chi connectivity index (χ1v) is 6.82. The Bertz CT molecular complexity index is 705. The van der Waals surface area contributed by atoms with Crippen LogP contribution in [0.4, 0.5) is 4.39 Å². The molecule has 0 aliphatic carbocycles. The number of carbonyl (C=O) groups is 1. The zero-order chi connectivity index (χ0) is 16.1. The van der Waals surface area contributed by atoms with Crippen LogP contribution in [0.1, 0.15) is 29.9 Å². The molecule has 6 heteroatoms. The second-order valence-corrected chi connectivity index (χ2v) is 4.93. The molecule has 22 heavy (non-hydrogen) atoms. The van der Waals surface area contributed by atoms with E-state index in [1.165, 1.54) is 24.4 Å². The SMILES string of the molecule is C[C@H](NC(=O)c1cc(C#N)c[nH]1)[C@H](C)Oc1ccccc1F. The molecule has 1 amide bonds. The number of ether oxygens (including phenoxy) is 1. The first-order chi connectivity index (χ1) is 10.5. The minimum atomic E-state index is -0.448. The third-order valence-electron chi connectivity index (χ3n) is 3.27. The topological polar surface area (TPSA) is 77.9 Å². The maximum Gasteiger partial charge on any atom is 0.268 e. The Morgan fingerprint density at radius 2 is 2.14 bits per heavy atom. The number of amides is 1. The Balaban J connectivity index is 1.96. The minimum Gasteiger partial charge on any atom is -0.486 e. The van der Waals surface area contributed by atoms with Crippen molar-refractivity contribution in [1.82, 2.24) is 10.3 Å². The van der Waals surface area contributed by atoms with Gasteiger partial charge in [-0.3, -0.25) is 4.79 Å². The van der Waals surface area contributed by atoms with Gasteiger partial charge in [0.25, 0.3) is 5.91 Å². The fourth-order valence-corrected chi connectivity index (χ4v) is 1.83. The van der Waals surface area contributed by atoms with Gasteiger partial charge in [0.15, 0.2) is 11.6 Å². The van der Waals surface area contributed by atoms with Gasteiger partial charge < -0.3 is 15.0 Å². The van der Waals surface area contributed by atoms with E-state index < -0.39 is 11.9 Å². The number of benzene rings is 1. The van der Waals surface area contributed by atoms with Crippen molar-refractivity contribution in [1.29, 1.82) is 5.26 Å². The molecule has 114 valence electrons. The van der Waals surface area contributed by atoms with E-state index in [1.807, 2.05) is 6.07 Å². The van der Waals surface area contributed by atoms with Crippen LogP contribution in [0.5, 0.6) is 5.75 Å². The molecule has 0 saturated carbocycles. The molecule has 1 heterocycles. The van der Waals surface area contributed by atoms with Crippen LogP contribution in [0.2, 0.25) is 0 Å². The van der Waals surface area contributed by atoms with Crippen LogP contribution < -0.4 is 10.1 Å². The second-order valence-electron chi connectivity index (χ2n) is 4.93. The van der Waals surface area contributed by atoms with E-state index in [-0.39, 0.29) is 17.7 Å². The fraction of sp³-hybridized carbons (Fsp3) is 0.250. The van der Waals surface area contributed by atoms with Gasteiger partial charge in [-0.1, -0.05) is 12.1 Å². The molecule has 1 aromatic carbocycles. The predicted molar refractivity (Wildman–Crippen MR) is 78.9 cm³/mol. The molecule has 0 aliphatic heterocycles. The number of rotatable bonds is 5. The first-order valence-electron chi connectivity index (χ1n) is 6.82. The van der Waals surface area contributed by atoms with Crippen molar-refractivity contribution in [2.75, 3.05) is 0 Å². The lowest BCUT2D eigenvalue weighted by atomic mass is 10.2. The lowest BCUT2D eigenvalue weighted by Crippen LogP contribution is -2.42. The van der Waals surface area contributed by atoms with Gasteiger partial charge in [-0.25, -0.2) is 4.39 Å². The summed E-state index contributed by atoms with van der Waals surface area (Å²) in [5.74, 6) is -0.656. The average molecular weight is 301 g/mol. The summed E-state index contributed by atoms with van der Waals surface area (Å²) in [5.41, 5.74) is 0.676. The molecule has 0 saturated heterocycles. The largest absolute Gasteiger partial charge is 0.486 e. The molecule has 0 fully saturated rings. The van der Waals surface area contributed by atoms with E-state index in [0.717, 1.165) is 0 Å². The number of hydrogen-bond acceptors (Lipinski definition) is 3. The summed E-state index contributed by atoms with van der Waals surface area (Å²) < 4.78 is 19.1. The zero-order valence-corrected chi connectivity index (χ0v) is 12.3. The molecule has 1 aromatic heterocycles. The smallest absolute Gasteiger partial charge is 0.268 e. The van der Waals surface area contributed by atoms with Crippen LogP contribution in [0.3, 0.4) is 0 Å². The molecule has 0 radical (unpaired) electrons. The molecule has 2 aromatic rings. The van der Waals surface area contributed by atoms with E-state index >= 15 is 0 Å². The third kappa shape index (κ3) is 3.64. The Morgan fingerprint density at radius 3 is 2.77 bits per heavy atom. The summed E-state index contributed by atoms with van der Waals surface area (Å²) in [7, 11) is 0. The summed E-state index contributed by atoms with van der Waals surface area (Å²) in [6.45, 7) is 3.50. The molecule has 2 atom stereocenters. The Morgan fingerprint density at radius 1 is 1.41 bits per heavy atom. The number of H-pyrrole nitrogens is 1. The van der Waals surface area contributed by atoms with Gasteiger partial charge in [-0.15, -0.1) is 0 Å². The Hall–Kier alpha value is -2.81. The van der Waals surface area contributed by atoms with Crippen molar-refractivity contribution in [3.05, 3.63) is 53.6 Å². The number of para-hydroxylation sites is 1. The Labute approximate surface area is 127 Å².